The highest BCUT2D eigenvalue weighted by atomic mass is 16.5. The molecule has 0 bridgehead atoms. The van der Waals surface area contributed by atoms with Crippen molar-refractivity contribution in [3.63, 3.8) is 0 Å². The van der Waals surface area contributed by atoms with E-state index in [4.69, 9.17) is 10.00 Å². The molecule has 0 aliphatic carbocycles. The average molecular weight is 424 g/mol. The predicted octanol–water partition coefficient (Wildman–Crippen LogP) is 3.38. The highest BCUT2D eigenvalue weighted by Crippen LogP contribution is 2.24. The SMILES string of the molecule is CCN(CC(C)N(CC)c1ccc(C#N)cn1)C(=O)CNC(C)c1ccccc1OC. The molecule has 0 spiro atoms. The zero-order valence-electron chi connectivity index (χ0n) is 19.1. The Morgan fingerprint density at radius 1 is 1.19 bits per heavy atom. The zero-order chi connectivity index (χ0) is 22.8. The summed E-state index contributed by atoms with van der Waals surface area (Å²) in [6.07, 6.45) is 1.58. The summed E-state index contributed by atoms with van der Waals surface area (Å²) in [5.41, 5.74) is 1.56. The van der Waals surface area contributed by atoms with Gasteiger partial charge in [0.15, 0.2) is 0 Å². The van der Waals surface area contributed by atoms with Gasteiger partial charge in [0, 0.05) is 43.5 Å². The first-order valence-electron chi connectivity index (χ1n) is 10.7. The fraction of sp³-hybridized carbons (Fsp3) is 0.458. The van der Waals surface area contributed by atoms with Gasteiger partial charge >= 0.3 is 0 Å². The van der Waals surface area contributed by atoms with Crippen LogP contribution in [0.3, 0.4) is 0 Å². The largest absolute Gasteiger partial charge is 0.496 e. The van der Waals surface area contributed by atoms with Crippen LogP contribution in [-0.2, 0) is 4.79 Å². The molecule has 7 heteroatoms. The predicted molar refractivity (Wildman–Crippen MR) is 123 cm³/mol. The maximum absolute atomic E-state index is 12.9. The number of para-hydroxylation sites is 1. The lowest BCUT2D eigenvalue weighted by Gasteiger charge is -2.33. The lowest BCUT2D eigenvalue weighted by Crippen LogP contribution is -2.47. The van der Waals surface area contributed by atoms with E-state index in [2.05, 4.69) is 35.1 Å². The summed E-state index contributed by atoms with van der Waals surface area (Å²) in [5.74, 6) is 1.67. The number of methoxy groups -OCH3 is 1. The number of pyridine rings is 1. The Kier molecular flexibility index (Phi) is 9.29. The van der Waals surface area contributed by atoms with Gasteiger partial charge in [-0.1, -0.05) is 18.2 Å². The molecule has 1 heterocycles. The highest BCUT2D eigenvalue weighted by molar-refractivity contribution is 5.78. The van der Waals surface area contributed by atoms with Gasteiger partial charge in [-0.25, -0.2) is 4.98 Å². The molecule has 0 fully saturated rings. The Morgan fingerprint density at radius 3 is 2.52 bits per heavy atom. The molecule has 2 aromatic rings. The van der Waals surface area contributed by atoms with E-state index in [0.29, 0.717) is 18.7 Å². The number of likely N-dealkylation sites (N-methyl/N-ethyl adjacent to an activating group) is 2. The van der Waals surface area contributed by atoms with Crippen molar-refractivity contribution in [3.8, 4) is 11.8 Å². The van der Waals surface area contributed by atoms with Gasteiger partial charge < -0.3 is 19.9 Å². The minimum Gasteiger partial charge on any atom is -0.496 e. The molecule has 7 nitrogen and oxygen atoms in total. The third-order valence-corrected chi connectivity index (χ3v) is 5.43. The molecule has 166 valence electrons. The van der Waals surface area contributed by atoms with Crippen molar-refractivity contribution in [2.75, 3.05) is 38.2 Å². The van der Waals surface area contributed by atoms with Crippen LogP contribution in [-0.4, -0.2) is 55.1 Å². The van der Waals surface area contributed by atoms with Gasteiger partial charge in [-0.15, -0.1) is 0 Å². The van der Waals surface area contributed by atoms with Gasteiger partial charge in [0.1, 0.15) is 17.6 Å². The van der Waals surface area contributed by atoms with Gasteiger partial charge in [0.2, 0.25) is 5.91 Å². The number of benzene rings is 1. The maximum atomic E-state index is 12.9. The van der Waals surface area contributed by atoms with Crippen LogP contribution >= 0.6 is 0 Å². The molecule has 0 radical (unpaired) electrons. The summed E-state index contributed by atoms with van der Waals surface area (Å²) in [4.78, 5) is 21.3. The number of hydrogen-bond donors (Lipinski definition) is 1. The molecule has 0 aliphatic rings. The standard InChI is InChI=1S/C24H33N5O2/c1-6-28(17-18(3)29(7-2)23-13-12-20(14-25)15-27-23)24(30)16-26-19(4)21-10-8-9-11-22(21)31-5/h8-13,15,18-19,26H,6-7,16-17H2,1-5H3. The molecule has 2 rings (SSSR count). The van der Waals surface area contributed by atoms with Crippen LogP contribution in [0.25, 0.3) is 0 Å². The third-order valence-electron chi connectivity index (χ3n) is 5.43. The number of anilines is 1. The van der Waals surface area contributed by atoms with Crippen LogP contribution in [0.1, 0.15) is 44.9 Å². The molecular formula is C24H33N5O2. The first-order chi connectivity index (χ1) is 14.9. The summed E-state index contributed by atoms with van der Waals surface area (Å²) in [6, 6.07) is 13.6. The van der Waals surface area contributed by atoms with Crippen molar-refractivity contribution in [2.45, 2.75) is 39.8 Å². The molecule has 31 heavy (non-hydrogen) atoms. The quantitative estimate of drug-likeness (QED) is 0.597. The van der Waals surface area contributed by atoms with Crippen molar-refractivity contribution in [3.05, 3.63) is 53.7 Å². The Balaban J connectivity index is 1.98. The first-order valence-corrected chi connectivity index (χ1v) is 10.7. The number of nitrogens with one attached hydrogen (secondary N) is 1. The minimum absolute atomic E-state index is 0.00813. The van der Waals surface area contributed by atoms with E-state index in [1.807, 2.05) is 49.1 Å². The smallest absolute Gasteiger partial charge is 0.236 e. The lowest BCUT2D eigenvalue weighted by atomic mass is 10.1. The lowest BCUT2D eigenvalue weighted by molar-refractivity contribution is -0.130. The summed E-state index contributed by atoms with van der Waals surface area (Å²) < 4.78 is 5.43. The highest BCUT2D eigenvalue weighted by Gasteiger charge is 2.21. The van der Waals surface area contributed by atoms with Gasteiger partial charge in [0.25, 0.3) is 0 Å². The number of carbonyl (C=O) groups is 1. The van der Waals surface area contributed by atoms with Gasteiger partial charge in [-0.05, 0) is 45.9 Å². The molecule has 1 amide bonds. The number of amides is 1. The second-order valence-corrected chi connectivity index (χ2v) is 7.43. The second kappa shape index (κ2) is 11.9. The van der Waals surface area contributed by atoms with Crippen molar-refractivity contribution < 1.29 is 9.53 Å². The van der Waals surface area contributed by atoms with Crippen LogP contribution in [0.4, 0.5) is 5.82 Å². The van der Waals surface area contributed by atoms with Crippen LogP contribution < -0.4 is 15.0 Å². The Bertz CT molecular complexity index is 878. The topological polar surface area (TPSA) is 81.5 Å². The Hall–Kier alpha value is -3.11. The van der Waals surface area contributed by atoms with E-state index in [9.17, 15) is 4.79 Å². The molecule has 2 unspecified atom stereocenters. The van der Waals surface area contributed by atoms with Crippen LogP contribution in [0.5, 0.6) is 5.75 Å². The molecule has 0 aliphatic heterocycles. The average Bonchev–Trinajstić information content (AvgIpc) is 2.81. The number of rotatable bonds is 11. The van der Waals surface area contributed by atoms with Gasteiger partial charge in [-0.2, -0.15) is 5.26 Å². The van der Waals surface area contributed by atoms with Crippen LogP contribution in [0, 0.1) is 11.3 Å². The van der Waals surface area contributed by atoms with Crippen molar-refractivity contribution in [2.24, 2.45) is 0 Å². The number of ether oxygens (including phenoxy) is 1. The van der Waals surface area contributed by atoms with Crippen molar-refractivity contribution in [1.82, 2.24) is 15.2 Å². The number of nitriles is 1. The number of aromatic nitrogens is 1. The van der Waals surface area contributed by atoms with E-state index in [1.54, 1.807) is 19.4 Å². The number of nitrogens with zero attached hydrogens (tertiary/aromatic N) is 4. The Labute approximate surface area is 185 Å². The summed E-state index contributed by atoms with van der Waals surface area (Å²) in [6.45, 7) is 10.4. The van der Waals surface area contributed by atoms with Gasteiger partial charge in [-0.3, -0.25) is 4.79 Å². The summed E-state index contributed by atoms with van der Waals surface area (Å²) >= 11 is 0. The maximum Gasteiger partial charge on any atom is 0.236 e. The minimum atomic E-state index is -0.00813. The van der Waals surface area contributed by atoms with Crippen molar-refractivity contribution >= 4 is 11.7 Å². The Morgan fingerprint density at radius 2 is 1.94 bits per heavy atom. The van der Waals surface area contributed by atoms with E-state index < -0.39 is 0 Å². The van der Waals surface area contributed by atoms with E-state index in [0.717, 1.165) is 23.7 Å². The van der Waals surface area contributed by atoms with Crippen molar-refractivity contribution in [1.29, 1.82) is 5.26 Å². The summed E-state index contributed by atoms with van der Waals surface area (Å²) in [5, 5.41) is 12.3. The van der Waals surface area contributed by atoms with Crippen LogP contribution in [0.2, 0.25) is 0 Å². The molecule has 1 N–H and O–H groups in total. The van der Waals surface area contributed by atoms with E-state index >= 15 is 0 Å². The molecule has 0 saturated heterocycles. The van der Waals surface area contributed by atoms with Gasteiger partial charge in [0.05, 0.1) is 19.2 Å². The molecular weight excluding hydrogens is 390 g/mol. The normalized spacial score (nSPS) is 12.5. The molecule has 0 saturated carbocycles. The second-order valence-electron chi connectivity index (χ2n) is 7.43. The first kappa shape index (κ1) is 24.2. The van der Waals surface area contributed by atoms with Crippen LogP contribution in [0.15, 0.2) is 42.6 Å². The van der Waals surface area contributed by atoms with E-state index in [1.165, 1.54) is 0 Å². The fourth-order valence-corrected chi connectivity index (χ4v) is 3.63. The third kappa shape index (κ3) is 6.43. The molecule has 1 aromatic heterocycles. The van der Waals surface area contributed by atoms with E-state index in [-0.39, 0.29) is 24.5 Å². The fourth-order valence-electron chi connectivity index (χ4n) is 3.63. The number of carbonyl (C=O) groups excluding carboxylic acids is 1. The molecule has 2 atom stereocenters. The molecule has 1 aromatic carbocycles. The number of hydrogen-bond acceptors (Lipinski definition) is 6. The summed E-state index contributed by atoms with van der Waals surface area (Å²) in [7, 11) is 1.65. The zero-order valence-corrected chi connectivity index (χ0v) is 19.1. The monoisotopic (exact) mass is 423 g/mol.